The molecule has 7 heteroatoms. The van der Waals surface area contributed by atoms with Crippen LogP contribution < -0.4 is 5.32 Å². The summed E-state index contributed by atoms with van der Waals surface area (Å²) in [5.74, 6) is -1.20. The van der Waals surface area contributed by atoms with Crippen LogP contribution in [0.3, 0.4) is 0 Å². The summed E-state index contributed by atoms with van der Waals surface area (Å²) < 4.78 is 21.8. The van der Waals surface area contributed by atoms with Crippen LogP contribution in [-0.2, 0) is 14.6 Å². The topological polar surface area (TPSA) is 76.1 Å². The van der Waals surface area contributed by atoms with Crippen molar-refractivity contribution in [3.8, 4) is 0 Å². The number of aryl methyl sites for hydroxylation is 1. The second-order valence-corrected chi connectivity index (χ2v) is 5.91. The first-order chi connectivity index (χ1) is 7.29. The molecule has 0 aliphatic heterocycles. The lowest BCUT2D eigenvalue weighted by Gasteiger charge is -2.08. The van der Waals surface area contributed by atoms with Gasteiger partial charge in [-0.05, 0) is 18.6 Å². The van der Waals surface area contributed by atoms with Gasteiger partial charge in [-0.1, -0.05) is 11.6 Å². The molecule has 0 unspecified atom stereocenters. The van der Waals surface area contributed by atoms with E-state index in [1.54, 1.807) is 13.0 Å². The molecule has 1 N–H and O–H groups in total. The summed E-state index contributed by atoms with van der Waals surface area (Å²) in [5.41, 5.74) is 1.07. The smallest absolute Gasteiger partial charge is 0.239 e. The molecule has 5 nitrogen and oxygen atoms in total. The van der Waals surface area contributed by atoms with Crippen LogP contribution in [0, 0.1) is 6.92 Å². The molecule has 0 atom stereocenters. The van der Waals surface area contributed by atoms with E-state index in [0.29, 0.717) is 5.69 Å². The van der Waals surface area contributed by atoms with Crippen molar-refractivity contribution in [1.29, 1.82) is 0 Å². The molecule has 0 bridgehead atoms. The zero-order valence-electron chi connectivity index (χ0n) is 8.82. The highest BCUT2D eigenvalue weighted by atomic mass is 35.5. The van der Waals surface area contributed by atoms with Gasteiger partial charge in [-0.25, -0.2) is 13.4 Å². The first-order valence-electron chi connectivity index (χ1n) is 4.38. The third kappa shape index (κ3) is 3.79. The summed E-state index contributed by atoms with van der Waals surface area (Å²) in [6.45, 7) is 1.74. The largest absolute Gasteiger partial charge is 0.322 e. The minimum absolute atomic E-state index is 0.141. The first kappa shape index (κ1) is 12.9. The minimum Gasteiger partial charge on any atom is -0.322 e. The van der Waals surface area contributed by atoms with E-state index >= 15 is 0 Å². The molecule has 0 fully saturated rings. The fourth-order valence-electron chi connectivity index (χ4n) is 1.09. The van der Waals surface area contributed by atoms with E-state index in [-0.39, 0.29) is 5.15 Å². The Labute approximate surface area is 98.8 Å². The number of sulfone groups is 1. The van der Waals surface area contributed by atoms with Gasteiger partial charge in [-0.15, -0.1) is 0 Å². The number of halogens is 1. The van der Waals surface area contributed by atoms with Gasteiger partial charge in [0.15, 0.2) is 15.0 Å². The first-order valence-corrected chi connectivity index (χ1v) is 6.82. The molecule has 0 aromatic carbocycles. The highest BCUT2D eigenvalue weighted by Crippen LogP contribution is 2.22. The summed E-state index contributed by atoms with van der Waals surface area (Å²) in [6, 6.07) is 1.67. The van der Waals surface area contributed by atoms with E-state index in [4.69, 9.17) is 11.6 Å². The van der Waals surface area contributed by atoms with E-state index in [0.717, 1.165) is 11.8 Å². The van der Waals surface area contributed by atoms with Crippen molar-refractivity contribution in [3.05, 3.63) is 23.0 Å². The Morgan fingerprint density at radius 2 is 2.19 bits per heavy atom. The van der Waals surface area contributed by atoms with Crippen LogP contribution in [0.25, 0.3) is 0 Å². The van der Waals surface area contributed by atoms with Crippen molar-refractivity contribution in [3.63, 3.8) is 0 Å². The zero-order valence-corrected chi connectivity index (χ0v) is 10.4. The molecule has 1 rings (SSSR count). The third-order valence-corrected chi connectivity index (χ3v) is 2.84. The number of nitrogens with one attached hydrogen (secondary N) is 1. The van der Waals surface area contributed by atoms with Crippen molar-refractivity contribution in [2.75, 3.05) is 17.3 Å². The molecule has 0 aliphatic carbocycles. The van der Waals surface area contributed by atoms with Crippen LogP contribution in [0.1, 0.15) is 5.56 Å². The summed E-state index contributed by atoms with van der Waals surface area (Å²) >= 11 is 5.77. The predicted octanol–water partition coefficient (Wildman–Crippen LogP) is 1.03. The number of carbonyl (C=O) groups is 1. The molecule has 1 aromatic rings. The summed E-state index contributed by atoms with van der Waals surface area (Å²) in [6.07, 6.45) is 2.49. The summed E-state index contributed by atoms with van der Waals surface area (Å²) in [4.78, 5) is 15.1. The minimum atomic E-state index is -3.34. The number of pyridine rings is 1. The number of amides is 1. The van der Waals surface area contributed by atoms with E-state index in [1.807, 2.05) is 0 Å². The Hall–Kier alpha value is -1.14. The van der Waals surface area contributed by atoms with Crippen LogP contribution in [-0.4, -0.2) is 31.3 Å². The Morgan fingerprint density at radius 3 is 2.69 bits per heavy atom. The second-order valence-electron chi connectivity index (χ2n) is 3.41. The van der Waals surface area contributed by atoms with Crippen molar-refractivity contribution >= 4 is 33.0 Å². The van der Waals surface area contributed by atoms with Crippen LogP contribution in [0.5, 0.6) is 0 Å². The monoisotopic (exact) mass is 262 g/mol. The Morgan fingerprint density at radius 1 is 1.56 bits per heavy atom. The van der Waals surface area contributed by atoms with Crippen molar-refractivity contribution < 1.29 is 13.2 Å². The molecule has 1 amide bonds. The molecule has 0 radical (unpaired) electrons. The maximum Gasteiger partial charge on any atom is 0.239 e. The number of aromatic nitrogens is 1. The van der Waals surface area contributed by atoms with Gasteiger partial charge in [0, 0.05) is 12.5 Å². The third-order valence-electron chi connectivity index (χ3n) is 1.77. The zero-order chi connectivity index (χ0) is 12.3. The molecule has 0 aliphatic rings. The van der Waals surface area contributed by atoms with Gasteiger partial charge in [0.1, 0.15) is 5.75 Å². The van der Waals surface area contributed by atoms with Gasteiger partial charge in [-0.3, -0.25) is 4.79 Å². The normalized spacial score (nSPS) is 11.2. The number of anilines is 1. The molecule has 88 valence electrons. The van der Waals surface area contributed by atoms with Crippen molar-refractivity contribution in [1.82, 2.24) is 4.98 Å². The number of hydrogen-bond donors (Lipinski definition) is 1. The molecule has 1 aromatic heterocycles. The molecule has 1 heterocycles. The summed E-state index contributed by atoms with van der Waals surface area (Å²) in [5, 5.41) is 2.56. The van der Waals surface area contributed by atoms with Crippen molar-refractivity contribution in [2.45, 2.75) is 6.92 Å². The van der Waals surface area contributed by atoms with Gasteiger partial charge < -0.3 is 5.32 Å². The van der Waals surface area contributed by atoms with Crippen molar-refractivity contribution in [2.24, 2.45) is 0 Å². The molecular formula is C9H11ClN2O3S. The van der Waals surface area contributed by atoms with Crippen LogP contribution in [0.4, 0.5) is 5.69 Å². The van der Waals surface area contributed by atoms with Crippen LogP contribution in [0.2, 0.25) is 5.15 Å². The predicted molar refractivity (Wildman–Crippen MR) is 62.3 cm³/mol. The number of carbonyl (C=O) groups excluding carboxylic acids is 1. The standard InChI is InChI=1S/C9H11ClN2O3S/c1-6-3-4-11-9(10)8(6)12-7(13)5-16(2,14)15/h3-4H,5H2,1-2H3,(H,12,13). The van der Waals surface area contributed by atoms with Gasteiger partial charge in [-0.2, -0.15) is 0 Å². The molecular weight excluding hydrogens is 252 g/mol. The van der Waals surface area contributed by atoms with Gasteiger partial charge in [0.05, 0.1) is 5.69 Å². The van der Waals surface area contributed by atoms with Gasteiger partial charge in [0.25, 0.3) is 0 Å². The fourth-order valence-corrected chi connectivity index (χ4v) is 1.89. The lowest BCUT2D eigenvalue weighted by Crippen LogP contribution is -2.22. The Balaban J connectivity index is 2.86. The highest BCUT2D eigenvalue weighted by Gasteiger charge is 2.13. The molecule has 16 heavy (non-hydrogen) atoms. The Bertz CT molecular complexity index is 493. The number of nitrogens with zero attached hydrogens (tertiary/aromatic N) is 1. The molecule has 0 saturated carbocycles. The summed E-state index contributed by atoms with van der Waals surface area (Å²) in [7, 11) is -3.34. The molecule has 0 spiro atoms. The number of hydrogen-bond acceptors (Lipinski definition) is 4. The second kappa shape index (κ2) is 4.80. The van der Waals surface area contributed by atoms with E-state index in [2.05, 4.69) is 10.3 Å². The SMILES string of the molecule is Cc1ccnc(Cl)c1NC(=O)CS(C)(=O)=O. The number of rotatable bonds is 3. The van der Waals surface area contributed by atoms with Crippen LogP contribution >= 0.6 is 11.6 Å². The maximum absolute atomic E-state index is 11.4. The van der Waals surface area contributed by atoms with E-state index in [9.17, 15) is 13.2 Å². The average molecular weight is 263 g/mol. The van der Waals surface area contributed by atoms with E-state index in [1.165, 1.54) is 6.20 Å². The van der Waals surface area contributed by atoms with Crippen LogP contribution in [0.15, 0.2) is 12.3 Å². The van der Waals surface area contributed by atoms with E-state index < -0.39 is 21.5 Å². The van der Waals surface area contributed by atoms with Gasteiger partial charge >= 0.3 is 0 Å². The Kier molecular flexibility index (Phi) is 3.88. The lowest BCUT2D eigenvalue weighted by atomic mass is 10.2. The average Bonchev–Trinajstić information content (AvgIpc) is 2.08. The maximum atomic E-state index is 11.4. The highest BCUT2D eigenvalue weighted by molar-refractivity contribution is 7.91. The molecule has 0 saturated heterocycles. The fraction of sp³-hybridized carbons (Fsp3) is 0.333. The lowest BCUT2D eigenvalue weighted by molar-refractivity contribution is -0.113. The van der Waals surface area contributed by atoms with Gasteiger partial charge in [0.2, 0.25) is 5.91 Å². The quantitative estimate of drug-likeness (QED) is 0.826.